The third-order valence-corrected chi connectivity index (χ3v) is 4.63. The highest BCUT2D eigenvalue weighted by Gasteiger charge is 2.44. The summed E-state index contributed by atoms with van der Waals surface area (Å²) in [6, 6.07) is 0. The second-order valence-electron chi connectivity index (χ2n) is 5.55. The third-order valence-electron chi connectivity index (χ3n) is 4.63. The quantitative estimate of drug-likeness (QED) is 0.596. The number of anilines is 1. The van der Waals surface area contributed by atoms with Crippen LogP contribution in [0.3, 0.4) is 0 Å². The van der Waals surface area contributed by atoms with E-state index in [9.17, 15) is 0 Å². The smallest absolute Gasteiger partial charge is 0.258 e. The Morgan fingerprint density at radius 3 is 2.53 bits per heavy atom. The van der Waals surface area contributed by atoms with Crippen molar-refractivity contribution in [2.24, 2.45) is 5.92 Å². The van der Waals surface area contributed by atoms with Gasteiger partial charge in [-0.3, -0.25) is 4.48 Å². The van der Waals surface area contributed by atoms with Crippen LogP contribution in [-0.2, 0) is 0 Å². The highest BCUT2D eigenvalue weighted by atomic mass is 35.5. The molecule has 2 aromatic heterocycles. The number of nitrogen functional groups attached to an aromatic ring is 1. The molecule has 0 amide bonds. The van der Waals surface area contributed by atoms with Crippen LogP contribution in [0.5, 0.6) is 0 Å². The number of hydrogen-bond acceptors (Lipinski definition) is 4. The molecule has 3 fully saturated rings. The monoisotopic (exact) mass is 280 g/mol. The van der Waals surface area contributed by atoms with Gasteiger partial charge in [0, 0.05) is 19.3 Å². The van der Waals surface area contributed by atoms with E-state index in [1.165, 1.54) is 38.9 Å². The summed E-state index contributed by atoms with van der Waals surface area (Å²) in [5.41, 5.74) is 7.49. The van der Waals surface area contributed by atoms with Crippen molar-refractivity contribution >= 4 is 22.9 Å². The van der Waals surface area contributed by atoms with E-state index in [1.54, 1.807) is 6.33 Å². The van der Waals surface area contributed by atoms with E-state index in [-0.39, 0.29) is 12.4 Å². The Bertz CT molecular complexity index is 588. The first-order valence-electron chi connectivity index (χ1n) is 6.60. The summed E-state index contributed by atoms with van der Waals surface area (Å²) in [4.78, 5) is 16.1. The molecule has 102 valence electrons. The molecule has 0 spiro atoms. The van der Waals surface area contributed by atoms with Gasteiger partial charge < -0.3 is 23.1 Å². The van der Waals surface area contributed by atoms with Crippen LogP contribution in [0.2, 0.25) is 0 Å². The number of halogens is 1. The summed E-state index contributed by atoms with van der Waals surface area (Å²) in [6.45, 7) is 3.53. The second-order valence-corrected chi connectivity index (χ2v) is 5.55. The molecule has 2 bridgehead atoms. The van der Waals surface area contributed by atoms with Gasteiger partial charge in [0.2, 0.25) is 5.95 Å². The average molecular weight is 281 g/mol. The first-order valence-corrected chi connectivity index (χ1v) is 6.60. The van der Waals surface area contributed by atoms with E-state index in [1.807, 2.05) is 0 Å². The normalized spacial score (nSPS) is 29.4. The van der Waals surface area contributed by atoms with Gasteiger partial charge in [0.05, 0.1) is 26.0 Å². The Morgan fingerprint density at radius 1 is 1.16 bits per heavy atom. The van der Waals surface area contributed by atoms with Gasteiger partial charge in [0.1, 0.15) is 0 Å². The Balaban J connectivity index is 0.00000110. The molecular formula is C12H17ClN6. The molecule has 19 heavy (non-hydrogen) atoms. The van der Waals surface area contributed by atoms with Crippen molar-refractivity contribution in [1.29, 1.82) is 0 Å². The lowest BCUT2D eigenvalue weighted by Gasteiger charge is -2.47. The van der Waals surface area contributed by atoms with E-state index in [0.29, 0.717) is 11.6 Å². The van der Waals surface area contributed by atoms with E-state index < -0.39 is 0 Å². The number of hydrogen-bond donors (Lipinski definition) is 2. The van der Waals surface area contributed by atoms with Gasteiger partial charge in [-0.2, -0.15) is 9.97 Å². The van der Waals surface area contributed by atoms with Crippen molar-refractivity contribution in [3.05, 3.63) is 6.33 Å². The third kappa shape index (κ3) is 1.78. The van der Waals surface area contributed by atoms with Gasteiger partial charge in [-0.05, 0) is 5.92 Å². The Hall–Kier alpha value is -1.40. The van der Waals surface area contributed by atoms with Gasteiger partial charge in [-0.15, -0.1) is 0 Å². The molecule has 2 aromatic rings. The minimum absolute atomic E-state index is 0. The van der Waals surface area contributed by atoms with E-state index in [4.69, 9.17) is 5.73 Å². The molecule has 0 atom stereocenters. The number of quaternary nitrogens is 1. The predicted molar refractivity (Wildman–Crippen MR) is 69.8 cm³/mol. The van der Waals surface area contributed by atoms with E-state index in [0.717, 1.165) is 21.7 Å². The number of imidazole rings is 1. The van der Waals surface area contributed by atoms with Crippen molar-refractivity contribution in [3.63, 3.8) is 0 Å². The second kappa shape index (κ2) is 4.31. The van der Waals surface area contributed by atoms with Crippen molar-refractivity contribution in [2.45, 2.75) is 19.3 Å². The number of nitrogens with zero attached hydrogens (tertiary/aromatic N) is 4. The summed E-state index contributed by atoms with van der Waals surface area (Å²) in [5, 5.41) is 0. The topological polar surface area (TPSA) is 80.5 Å². The number of fused-ring (bicyclic) bond motifs is 4. The first-order chi connectivity index (χ1) is 8.77. The summed E-state index contributed by atoms with van der Waals surface area (Å²) in [7, 11) is 0. The molecule has 3 N–H and O–H groups in total. The molecule has 3 saturated heterocycles. The van der Waals surface area contributed by atoms with Crippen LogP contribution >= 0.6 is 0 Å². The van der Waals surface area contributed by atoms with Crippen LogP contribution in [-0.4, -0.2) is 39.6 Å². The summed E-state index contributed by atoms with van der Waals surface area (Å²) < 4.78 is 0.960. The molecule has 3 aliphatic heterocycles. The zero-order chi connectivity index (χ0) is 12.2. The van der Waals surface area contributed by atoms with Gasteiger partial charge in [0.25, 0.3) is 5.82 Å². The predicted octanol–water partition coefficient (Wildman–Crippen LogP) is -1.94. The number of nitrogens with one attached hydrogen (secondary N) is 1. The highest BCUT2D eigenvalue weighted by molar-refractivity contribution is 5.83. The maximum Gasteiger partial charge on any atom is 0.258 e. The van der Waals surface area contributed by atoms with Gasteiger partial charge in [0.15, 0.2) is 11.2 Å². The summed E-state index contributed by atoms with van der Waals surface area (Å²) in [5.74, 6) is 2.32. The van der Waals surface area contributed by atoms with Crippen LogP contribution in [0.15, 0.2) is 6.33 Å². The maximum absolute atomic E-state index is 5.83. The van der Waals surface area contributed by atoms with Crippen molar-refractivity contribution in [2.75, 3.05) is 25.4 Å². The molecule has 6 nitrogen and oxygen atoms in total. The average Bonchev–Trinajstić information content (AvgIpc) is 2.88. The molecule has 0 radical (unpaired) electrons. The Kier molecular flexibility index (Phi) is 2.87. The molecule has 0 aliphatic carbocycles. The fourth-order valence-electron chi connectivity index (χ4n) is 3.55. The molecule has 3 aliphatic rings. The maximum atomic E-state index is 5.83. The molecule has 5 rings (SSSR count). The van der Waals surface area contributed by atoms with Gasteiger partial charge >= 0.3 is 0 Å². The van der Waals surface area contributed by atoms with Crippen LogP contribution in [0.25, 0.3) is 11.2 Å². The minimum atomic E-state index is 0. The number of H-pyrrole nitrogens is 1. The molecule has 0 saturated carbocycles. The standard InChI is InChI=1S/C12H17N6.ClH/c13-12-16-10-9(14-7-15-10)11(17-12)18-4-1-8(2-5-18)3-6-18;/h7-8H,1-6H2,(H3,13,14,15,16,17);1H/q+1;/p-1. The number of aromatic amines is 1. The van der Waals surface area contributed by atoms with E-state index in [2.05, 4.69) is 19.9 Å². The van der Waals surface area contributed by atoms with Crippen LogP contribution < -0.4 is 22.6 Å². The lowest BCUT2D eigenvalue weighted by molar-refractivity contribution is -0.00000404. The van der Waals surface area contributed by atoms with Crippen molar-refractivity contribution in [3.8, 4) is 0 Å². The summed E-state index contributed by atoms with van der Waals surface area (Å²) in [6.07, 6.45) is 5.59. The minimum Gasteiger partial charge on any atom is -1.00 e. The lowest BCUT2D eigenvalue weighted by atomic mass is 9.85. The van der Waals surface area contributed by atoms with Gasteiger partial charge in [-0.25, -0.2) is 4.98 Å². The zero-order valence-corrected chi connectivity index (χ0v) is 11.4. The highest BCUT2D eigenvalue weighted by Crippen LogP contribution is 2.39. The molecule has 7 heteroatoms. The van der Waals surface area contributed by atoms with Crippen LogP contribution in [0, 0.1) is 5.92 Å². The van der Waals surface area contributed by atoms with Crippen LogP contribution in [0.1, 0.15) is 19.3 Å². The Labute approximate surface area is 117 Å². The number of rotatable bonds is 1. The van der Waals surface area contributed by atoms with Crippen molar-refractivity contribution in [1.82, 2.24) is 24.4 Å². The molecule has 0 aromatic carbocycles. The summed E-state index contributed by atoms with van der Waals surface area (Å²) >= 11 is 0. The van der Waals surface area contributed by atoms with Crippen molar-refractivity contribution < 1.29 is 12.4 Å². The first kappa shape index (κ1) is 12.6. The molecular weight excluding hydrogens is 264 g/mol. The molecule has 5 heterocycles. The molecule has 0 unspecified atom stereocenters. The fraction of sp³-hybridized carbons (Fsp3) is 0.583. The number of aromatic nitrogens is 4. The van der Waals surface area contributed by atoms with Crippen LogP contribution in [0.4, 0.5) is 11.8 Å². The largest absolute Gasteiger partial charge is 1.00 e. The van der Waals surface area contributed by atoms with E-state index >= 15 is 0 Å². The lowest BCUT2D eigenvalue weighted by Crippen LogP contribution is -3.00. The number of nitrogens with two attached hydrogens (primary N) is 1. The van der Waals surface area contributed by atoms with Gasteiger partial charge in [-0.1, -0.05) is 0 Å². The zero-order valence-electron chi connectivity index (χ0n) is 10.6. The SMILES string of the molecule is Nc1nc([N+]23CCC(CC2)CC3)c2[nH]cnc2n1.[Cl-]. The Morgan fingerprint density at radius 2 is 1.84 bits per heavy atom. The number of piperidine rings is 3. The fourth-order valence-corrected chi connectivity index (χ4v) is 3.55.